The number of nitrogens with one attached hydrogen (secondary N) is 2. The smallest absolute Gasteiger partial charge is 0.265 e. The monoisotopic (exact) mass is 382 g/mol. The molecule has 1 atom stereocenters. The SMILES string of the molecule is Cc1ccc(O[C@H](C)C(=O)Nc2ccccc2C(=O)N2CC[NH+](C)CC2)cc1. The maximum Gasteiger partial charge on any atom is 0.265 e. The van der Waals surface area contributed by atoms with Gasteiger partial charge in [0.25, 0.3) is 11.8 Å². The van der Waals surface area contributed by atoms with Gasteiger partial charge in [0.2, 0.25) is 0 Å². The van der Waals surface area contributed by atoms with Crippen molar-refractivity contribution in [1.29, 1.82) is 0 Å². The van der Waals surface area contributed by atoms with Gasteiger partial charge in [0.05, 0.1) is 44.5 Å². The molecule has 0 saturated carbocycles. The number of ether oxygens (including phenoxy) is 1. The lowest BCUT2D eigenvalue weighted by Crippen LogP contribution is -3.12. The van der Waals surface area contributed by atoms with E-state index in [1.54, 1.807) is 19.1 Å². The van der Waals surface area contributed by atoms with Gasteiger partial charge in [0.15, 0.2) is 6.10 Å². The maximum absolute atomic E-state index is 12.9. The molecule has 2 aromatic carbocycles. The number of benzene rings is 2. The quantitative estimate of drug-likeness (QED) is 0.821. The Balaban J connectivity index is 1.67. The lowest BCUT2D eigenvalue weighted by atomic mass is 10.1. The fourth-order valence-corrected chi connectivity index (χ4v) is 3.15. The number of quaternary nitrogens is 1. The molecule has 0 radical (unpaired) electrons. The summed E-state index contributed by atoms with van der Waals surface area (Å²) in [5.41, 5.74) is 2.16. The van der Waals surface area contributed by atoms with Gasteiger partial charge in [0, 0.05) is 0 Å². The molecule has 6 nitrogen and oxygen atoms in total. The van der Waals surface area contributed by atoms with Gasteiger partial charge in [-0.25, -0.2) is 0 Å². The van der Waals surface area contributed by atoms with E-state index in [1.165, 1.54) is 4.90 Å². The van der Waals surface area contributed by atoms with E-state index in [9.17, 15) is 9.59 Å². The Morgan fingerprint density at radius 2 is 1.71 bits per heavy atom. The van der Waals surface area contributed by atoms with Gasteiger partial charge in [-0.1, -0.05) is 29.8 Å². The summed E-state index contributed by atoms with van der Waals surface area (Å²) in [6.45, 7) is 7.00. The highest BCUT2D eigenvalue weighted by atomic mass is 16.5. The number of aryl methyl sites for hydroxylation is 1. The van der Waals surface area contributed by atoms with Crippen LogP contribution in [-0.2, 0) is 4.79 Å². The predicted octanol–water partition coefficient (Wildman–Crippen LogP) is 1.37. The van der Waals surface area contributed by atoms with E-state index in [0.29, 0.717) is 17.0 Å². The highest BCUT2D eigenvalue weighted by Crippen LogP contribution is 2.19. The largest absolute Gasteiger partial charge is 0.481 e. The molecule has 148 valence electrons. The van der Waals surface area contributed by atoms with E-state index in [-0.39, 0.29) is 11.8 Å². The molecule has 0 unspecified atom stereocenters. The number of nitrogens with zero attached hydrogens (tertiary/aromatic N) is 1. The zero-order chi connectivity index (χ0) is 20.1. The first-order valence-electron chi connectivity index (χ1n) is 9.68. The van der Waals surface area contributed by atoms with Crippen molar-refractivity contribution in [2.75, 3.05) is 38.5 Å². The fourth-order valence-electron chi connectivity index (χ4n) is 3.15. The van der Waals surface area contributed by atoms with E-state index in [4.69, 9.17) is 4.74 Å². The zero-order valence-electron chi connectivity index (χ0n) is 16.7. The van der Waals surface area contributed by atoms with Gasteiger partial charge >= 0.3 is 0 Å². The van der Waals surface area contributed by atoms with Crippen molar-refractivity contribution in [3.63, 3.8) is 0 Å². The lowest BCUT2D eigenvalue weighted by Gasteiger charge is -2.30. The summed E-state index contributed by atoms with van der Waals surface area (Å²) in [5, 5.41) is 2.85. The second kappa shape index (κ2) is 8.89. The molecule has 1 saturated heterocycles. The molecule has 28 heavy (non-hydrogen) atoms. The van der Waals surface area contributed by atoms with Crippen LogP contribution in [0.2, 0.25) is 0 Å². The first kappa shape index (κ1) is 19.9. The summed E-state index contributed by atoms with van der Waals surface area (Å²) in [4.78, 5) is 28.8. The molecule has 1 fully saturated rings. The molecule has 0 spiro atoms. The highest BCUT2D eigenvalue weighted by molar-refractivity contribution is 6.04. The first-order valence-corrected chi connectivity index (χ1v) is 9.68. The zero-order valence-corrected chi connectivity index (χ0v) is 16.7. The molecule has 2 aromatic rings. The van der Waals surface area contributed by atoms with Crippen molar-refractivity contribution in [2.24, 2.45) is 0 Å². The Morgan fingerprint density at radius 1 is 1.07 bits per heavy atom. The summed E-state index contributed by atoms with van der Waals surface area (Å²) in [6, 6.07) is 14.7. The van der Waals surface area contributed by atoms with Crippen LogP contribution in [0, 0.1) is 6.92 Å². The van der Waals surface area contributed by atoms with Crippen molar-refractivity contribution in [2.45, 2.75) is 20.0 Å². The van der Waals surface area contributed by atoms with Crippen molar-refractivity contribution < 1.29 is 19.2 Å². The van der Waals surface area contributed by atoms with Crippen molar-refractivity contribution in [3.05, 3.63) is 59.7 Å². The van der Waals surface area contributed by atoms with Crippen LogP contribution in [0.5, 0.6) is 5.75 Å². The summed E-state index contributed by atoms with van der Waals surface area (Å²) in [5.74, 6) is 0.303. The average Bonchev–Trinajstić information content (AvgIpc) is 2.70. The molecule has 0 aromatic heterocycles. The van der Waals surface area contributed by atoms with E-state index in [1.807, 2.05) is 48.2 Å². The third-order valence-corrected chi connectivity index (χ3v) is 5.02. The van der Waals surface area contributed by atoms with Gasteiger partial charge in [-0.15, -0.1) is 0 Å². The molecule has 1 aliphatic rings. The molecular weight excluding hydrogens is 354 g/mol. The second-order valence-corrected chi connectivity index (χ2v) is 7.36. The average molecular weight is 382 g/mol. The van der Waals surface area contributed by atoms with Crippen LogP contribution in [0.15, 0.2) is 48.5 Å². The maximum atomic E-state index is 12.9. The summed E-state index contributed by atoms with van der Waals surface area (Å²) in [7, 11) is 2.13. The van der Waals surface area contributed by atoms with E-state index >= 15 is 0 Å². The van der Waals surface area contributed by atoms with Crippen molar-refractivity contribution >= 4 is 17.5 Å². The molecule has 2 amide bonds. The number of para-hydroxylation sites is 1. The minimum Gasteiger partial charge on any atom is -0.481 e. The van der Waals surface area contributed by atoms with E-state index in [0.717, 1.165) is 31.7 Å². The molecule has 0 aliphatic carbocycles. The number of piperazine rings is 1. The molecule has 1 heterocycles. The molecule has 2 N–H and O–H groups in total. The Morgan fingerprint density at radius 3 is 2.39 bits per heavy atom. The number of anilines is 1. The van der Waals surface area contributed by atoms with Gasteiger partial charge in [-0.3, -0.25) is 9.59 Å². The minimum atomic E-state index is -0.682. The number of carbonyl (C=O) groups is 2. The van der Waals surface area contributed by atoms with Crippen LogP contribution < -0.4 is 15.0 Å². The van der Waals surface area contributed by atoms with Crippen LogP contribution in [0.4, 0.5) is 5.69 Å². The minimum absolute atomic E-state index is 0.0458. The van der Waals surface area contributed by atoms with Gasteiger partial charge in [-0.05, 0) is 38.1 Å². The lowest BCUT2D eigenvalue weighted by molar-refractivity contribution is -0.883. The van der Waals surface area contributed by atoms with Crippen LogP contribution in [0.3, 0.4) is 0 Å². The number of rotatable bonds is 5. The second-order valence-electron chi connectivity index (χ2n) is 7.36. The molecule has 3 rings (SSSR count). The standard InChI is InChI=1S/C22H27N3O3/c1-16-8-10-18(11-9-16)28-17(2)21(26)23-20-7-5-4-6-19(20)22(27)25-14-12-24(3)13-15-25/h4-11,17H,12-15H2,1-3H3,(H,23,26)/p+1/t17-/m1/s1. The van der Waals surface area contributed by atoms with Crippen LogP contribution >= 0.6 is 0 Å². The Hall–Kier alpha value is -2.86. The topological polar surface area (TPSA) is 63.1 Å². The number of amides is 2. The van der Waals surface area contributed by atoms with Crippen LogP contribution in [-0.4, -0.2) is 56.0 Å². The first-order chi connectivity index (χ1) is 13.4. The normalized spacial score (nSPS) is 15.8. The molecule has 0 bridgehead atoms. The third-order valence-electron chi connectivity index (χ3n) is 5.02. The Kier molecular flexibility index (Phi) is 6.31. The molecule has 1 aliphatic heterocycles. The molecular formula is C22H28N3O3+. The van der Waals surface area contributed by atoms with Gasteiger partial charge < -0.3 is 19.9 Å². The number of hydrogen-bond donors (Lipinski definition) is 2. The van der Waals surface area contributed by atoms with Crippen molar-refractivity contribution in [3.8, 4) is 5.75 Å². The Bertz CT molecular complexity index is 827. The van der Waals surface area contributed by atoms with Crippen molar-refractivity contribution in [1.82, 2.24) is 4.90 Å². The van der Waals surface area contributed by atoms with Crippen LogP contribution in [0.1, 0.15) is 22.8 Å². The predicted molar refractivity (Wildman–Crippen MR) is 109 cm³/mol. The van der Waals surface area contributed by atoms with Gasteiger partial charge in [-0.2, -0.15) is 0 Å². The number of carbonyl (C=O) groups excluding carboxylic acids is 2. The number of hydrogen-bond acceptors (Lipinski definition) is 3. The third kappa shape index (κ3) is 4.89. The van der Waals surface area contributed by atoms with E-state index < -0.39 is 6.10 Å². The van der Waals surface area contributed by atoms with Gasteiger partial charge in [0.1, 0.15) is 5.75 Å². The Labute approximate surface area is 166 Å². The van der Waals surface area contributed by atoms with Crippen LogP contribution in [0.25, 0.3) is 0 Å². The molecule has 6 heteroatoms. The summed E-state index contributed by atoms with van der Waals surface area (Å²) < 4.78 is 5.72. The van der Waals surface area contributed by atoms with E-state index in [2.05, 4.69) is 12.4 Å². The number of likely N-dealkylation sites (N-methyl/N-ethyl adjacent to an activating group) is 1. The summed E-state index contributed by atoms with van der Waals surface area (Å²) >= 11 is 0. The summed E-state index contributed by atoms with van der Waals surface area (Å²) in [6.07, 6.45) is -0.682. The highest BCUT2D eigenvalue weighted by Gasteiger charge is 2.25. The fraction of sp³-hybridized carbons (Fsp3) is 0.364.